The lowest BCUT2D eigenvalue weighted by atomic mass is 10.1. The minimum absolute atomic E-state index is 0.0693. The molecule has 0 spiro atoms. The SMILES string of the molecule is CC(C(=O)Nc1c(F)cccc1F)N(C)Cc1c(F)cccc1Cl. The number of benzene rings is 2. The molecule has 0 fully saturated rings. The van der Waals surface area contributed by atoms with Crippen LogP contribution in [0.1, 0.15) is 12.5 Å². The highest BCUT2D eigenvalue weighted by Crippen LogP contribution is 2.22. The van der Waals surface area contributed by atoms with E-state index in [0.717, 1.165) is 12.1 Å². The first-order valence-corrected chi connectivity index (χ1v) is 7.57. The molecule has 24 heavy (non-hydrogen) atoms. The zero-order chi connectivity index (χ0) is 17.9. The molecule has 0 saturated heterocycles. The summed E-state index contributed by atoms with van der Waals surface area (Å²) in [6, 6.07) is 6.84. The van der Waals surface area contributed by atoms with Gasteiger partial charge in [-0.3, -0.25) is 9.69 Å². The molecular formula is C17H16ClF3N2O. The minimum atomic E-state index is -0.865. The second-order valence-corrected chi connectivity index (χ2v) is 5.78. The molecule has 0 heterocycles. The third-order valence-corrected chi connectivity index (χ3v) is 4.07. The van der Waals surface area contributed by atoms with Crippen LogP contribution in [-0.2, 0) is 11.3 Å². The van der Waals surface area contributed by atoms with E-state index in [1.165, 1.54) is 23.1 Å². The number of halogens is 4. The highest BCUT2D eigenvalue weighted by Gasteiger charge is 2.22. The molecule has 1 amide bonds. The van der Waals surface area contributed by atoms with Crippen LogP contribution in [-0.4, -0.2) is 23.9 Å². The van der Waals surface area contributed by atoms with E-state index in [2.05, 4.69) is 5.32 Å². The Morgan fingerprint density at radius 3 is 2.25 bits per heavy atom. The third kappa shape index (κ3) is 4.07. The first-order chi connectivity index (χ1) is 11.3. The Kier molecular flexibility index (Phi) is 5.85. The number of nitrogens with one attached hydrogen (secondary N) is 1. The van der Waals surface area contributed by atoms with Crippen LogP contribution in [0.2, 0.25) is 5.02 Å². The molecule has 7 heteroatoms. The molecule has 2 aromatic carbocycles. The number of carbonyl (C=O) groups is 1. The number of carbonyl (C=O) groups excluding carboxylic acids is 1. The van der Waals surface area contributed by atoms with Gasteiger partial charge in [0.05, 0.1) is 6.04 Å². The van der Waals surface area contributed by atoms with Gasteiger partial charge in [0.15, 0.2) is 0 Å². The number of hydrogen-bond donors (Lipinski definition) is 1. The van der Waals surface area contributed by atoms with Crippen LogP contribution >= 0.6 is 11.6 Å². The smallest absolute Gasteiger partial charge is 0.241 e. The molecule has 3 nitrogen and oxygen atoms in total. The zero-order valence-corrected chi connectivity index (χ0v) is 13.9. The van der Waals surface area contributed by atoms with Gasteiger partial charge in [0.2, 0.25) is 5.91 Å². The van der Waals surface area contributed by atoms with Gasteiger partial charge >= 0.3 is 0 Å². The van der Waals surface area contributed by atoms with E-state index in [-0.39, 0.29) is 17.1 Å². The molecular weight excluding hydrogens is 341 g/mol. The van der Waals surface area contributed by atoms with Gasteiger partial charge in [0.1, 0.15) is 23.1 Å². The molecule has 0 bridgehead atoms. The number of hydrogen-bond acceptors (Lipinski definition) is 2. The Bertz CT molecular complexity index is 714. The summed E-state index contributed by atoms with van der Waals surface area (Å²) in [4.78, 5) is 13.7. The van der Waals surface area contributed by atoms with E-state index < -0.39 is 35.1 Å². The molecule has 2 rings (SSSR count). The van der Waals surface area contributed by atoms with Crippen molar-refractivity contribution in [1.29, 1.82) is 0 Å². The highest BCUT2D eigenvalue weighted by molar-refractivity contribution is 6.31. The Morgan fingerprint density at radius 2 is 1.67 bits per heavy atom. The summed E-state index contributed by atoms with van der Waals surface area (Å²) in [5.74, 6) is -2.83. The number of likely N-dealkylation sites (N-methyl/N-ethyl adjacent to an activating group) is 1. The molecule has 1 atom stereocenters. The van der Waals surface area contributed by atoms with Crippen molar-refractivity contribution in [1.82, 2.24) is 4.90 Å². The third-order valence-electron chi connectivity index (χ3n) is 3.72. The molecule has 0 saturated carbocycles. The standard InChI is InChI=1S/C17H16ClF3N2O/c1-10(17(24)22-16-14(20)7-4-8-15(16)21)23(2)9-11-12(18)5-3-6-13(11)19/h3-8,10H,9H2,1-2H3,(H,22,24). The summed E-state index contributed by atoms with van der Waals surface area (Å²) in [5, 5.41) is 2.46. The lowest BCUT2D eigenvalue weighted by Crippen LogP contribution is -2.39. The van der Waals surface area contributed by atoms with Crippen LogP contribution in [0, 0.1) is 17.5 Å². The summed E-state index contributed by atoms with van der Waals surface area (Å²) in [6.45, 7) is 1.61. The van der Waals surface area contributed by atoms with Crippen molar-refractivity contribution in [3.05, 3.63) is 64.4 Å². The maximum Gasteiger partial charge on any atom is 0.241 e. The molecule has 2 aromatic rings. The van der Waals surface area contributed by atoms with Crippen molar-refractivity contribution in [2.75, 3.05) is 12.4 Å². The molecule has 0 aliphatic heterocycles. The predicted octanol–water partition coefficient (Wildman–Crippen LogP) is 4.22. The van der Waals surface area contributed by atoms with Gasteiger partial charge < -0.3 is 5.32 Å². The summed E-state index contributed by atoms with van der Waals surface area (Å²) >= 11 is 5.96. The number of anilines is 1. The van der Waals surface area contributed by atoms with Gasteiger partial charge in [0, 0.05) is 17.1 Å². The van der Waals surface area contributed by atoms with Crippen molar-refractivity contribution >= 4 is 23.2 Å². The van der Waals surface area contributed by atoms with E-state index in [0.29, 0.717) is 0 Å². The summed E-state index contributed by atoms with van der Waals surface area (Å²) < 4.78 is 41.0. The molecule has 0 aliphatic carbocycles. The Hall–Kier alpha value is -2.05. The van der Waals surface area contributed by atoms with E-state index in [1.807, 2.05) is 0 Å². The first kappa shape index (κ1) is 18.3. The average molecular weight is 357 g/mol. The lowest BCUT2D eigenvalue weighted by molar-refractivity contribution is -0.120. The maximum atomic E-state index is 13.8. The fraction of sp³-hybridized carbons (Fsp3) is 0.235. The van der Waals surface area contributed by atoms with Gasteiger partial charge in [-0.1, -0.05) is 23.7 Å². The Morgan fingerprint density at radius 1 is 1.12 bits per heavy atom. The number of rotatable bonds is 5. The maximum absolute atomic E-state index is 13.8. The molecule has 0 aromatic heterocycles. The minimum Gasteiger partial charge on any atom is -0.320 e. The summed E-state index contributed by atoms with van der Waals surface area (Å²) in [7, 11) is 1.59. The van der Waals surface area contributed by atoms with Crippen molar-refractivity contribution in [2.24, 2.45) is 0 Å². The first-order valence-electron chi connectivity index (χ1n) is 7.19. The molecule has 0 radical (unpaired) electrons. The largest absolute Gasteiger partial charge is 0.320 e. The van der Waals surface area contributed by atoms with Crippen molar-refractivity contribution in [3.63, 3.8) is 0 Å². The molecule has 128 valence electrons. The fourth-order valence-electron chi connectivity index (χ4n) is 2.11. The Balaban J connectivity index is 2.10. The van der Waals surface area contributed by atoms with E-state index in [4.69, 9.17) is 11.6 Å². The molecule has 1 unspecified atom stereocenters. The molecule has 1 N–H and O–H groups in total. The van der Waals surface area contributed by atoms with Gasteiger partial charge in [-0.15, -0.1) is 0 Å². The predicted molar refractivity (Wildman–Crippen MR) is 87.3 cm³/mol. The van der Waals surface area contributed by atoms with Crippen molar-refractivity contribution in [3.8, 4) is 0 Å². The van der Waals surface area contributed by atoms with Crippen molar-refractivity contribution < 1.29 is 18.0 Å². The topological polar surface area (TPSA) is 32.3 Å². The second-order valence-electron chi connectivity index (χ2n) is 5.38. The number of para-hydroxylation sites is 1. The van der Waals surface area contributed by atoms with Crippen LogP contribution < -0.4 is 5.32 Å². The van der Waals surface area contributed by atoms with Crippen molar-refractivity contribution in [2.45, 2.75) is 19.5 Å². The fourth-order valence-corrected chi connectivity index (χ4v) is 2.34. The number of amides is 1. The summed E-state index contributed by atoms with van der Waals surface area (Å²) in [5.41, 5.74) is -0.259. The van der Waals surface area contributed by atoms with Crippen LogP contribution in [0.15, 0.2) is 36.4 Å². The van der Waals surface area contributed by atoms with Gasteiger partial charge in [-0.2, -0.15) is 0 Å². The lowest BCUT2D eigenvalue weighted by Gasteiger charge is -2.24. The monoisotopic (exact) mass is 356 g/mol. The quantitative estimate of drug-likeness (QED) is 0.870. The van der Waals surface area contributed by atoms with Gasteiger partial charge in [0.25, 0.3) is 0 Å². The average Bonchev–Trinajstić information content (AvgIpc) is 2.53. The van der Waals surface area contributed by atoms with Crippen LogP contribution in [0.3, 0.4) is 0 Å². The van der Waals surface area contributed by atoms with Gasteiger partial charge in [-0.25, -0.2) is 13.2 Å². The van der Waals surface area contributed by atoms with Gasteiger partial charge in [-0.05, 0) is 38.2 Å². The van der Waals surface area contributed by atoms with Crippen LogP contribution in [0.25, 0.3) is 0 Å². The highest BCUT2D eigenvalue weighted by atomic mass is 35.5. The molecule has 0 aliphatic rings. The number of nitrogens with zero attached hydrogens (tertiary/aromatic N) is 1. The van der Waals surface area contributed by atoms with Crippen LogP contribution in [0.4, 0.5) is 18.9 Å². The Labute approximate surface area is 143 Å². The normalized spacial score (nSPS) is 12.3. The summed E-state index contributed by atoms with van der Waals surface area (Å²) in [6.07, 6.45) is 0. The van der Waals surface area contributed by atoms with E-state index in [9.17, 15) is 18.0 Å². The van der Waals surface area contributed by atoms with Crippen LogP contribution in [0.5, 0.6) is 0 Å². The van der Waals surface area contributed by atoms with E-state index >= 15 is 0 Å². The zero-order valence-electron chi connectivity index (χ0n) is 13.1. The second kappa shape index (κ2) is 7.68. The van der Waals surface area contributed by atoms with E-state index in [1.54, 1.807) is 20.0 Å².